The SMILES string of the molecule is NC(=O)NC(N)=O.c1cnsc1. The third-order valence-corrected chi connectivity index (χ3v) is 1.12. The van der Waals surface area contributed by atoms with Crippen molar-refractivity contribution in [2.75, 3.05) is 0 Å². The highest BCUT2D eigenvalue weighted by atomic mass is 32.1. The van der Waals surface area contributed by atoms with E-state index in [-0.39, 0.29) is 0 Å². The smallest absolute Gasteiger partial charge is 0.320 e. The molecule has 0 aliphatic carbocycles. The van der Waals surface area contributed by atoms with Crippen LogP contribution in [-0.2, 0) is 0 Å². The largest absolute Gasteiger partial charge is 0.351 e. The molecule has 0 spiro atoms. The molecule has 0 fully saturated rings. The number of carbonyl (C=O) groups is 2. The Morgan fingerprint density at radius 2 is 1.92 bits per heavy atom. The van der Waals surface area contributed by atoms with Gasteiger partial charge in [0.05, 0.1) is 0 Å². The molecule has 0 saturated heterocycles. The summed E-state index contributed by atoms with van der Waals surface area (Å²) in [7, 11) is 0. The van der Waals surface area contributed by atoms with Crippen LogP contribution in [0.2, 0.25) is 0 Å². The number of imide groups is 1. The van der Waals surface area contributed by atoms with Gasteiger partial charge in [0.2, 0.25) is 0 Å². The maximum atomic E-state index is 9.62. The van der Waals surface area contributed by atoms with E-state index in [0.29, 0.717) is 0 Å². The fourth-order valence-corrected chi connectivity index (χ4v) is 0.648. The lowest BCUT2D eigenvalue weighted by Crippen LogP contribution is -2.38. The second kappa shape index (κ2) is 6.10. The summed E-state index contributed by atoms with van der Waals surface area (Å²) >= 11 is 1.46. The Morgan fingerprint density at radius 1 is 1.33 bits per heavy atom. The zero-order valence-corrected chi connectivity index (χ0v) is 6.88. The van der Waals surface area contributed by atoms with Crippen molar-refractivity contribution in [1.29, 1.82) is 0 Å². The standard InChI is InChI=1S/C3H3NS.C2H5N3O2/c1-2-4-5-3-1;3-1(6)5-2(4)7/h1-3H;(H5,3,4,5,6,7). The molecule has 0 aliphatic rings. The molecular formula is C5H8N4O2S. The molecular weight excluding hydrogens is 180 g/mol. The van der Waals surface area contributed by atoms with Crippen molar-refractivity contribution in [3.63, 3.8) is 0 Å². The van der Waals surface area contributed by atoms with E-state index in [2.05, 4.69) is 15.8 Å². The Kier molecular flexibility index (Phi) is 5.28. The monoisotopic (exact) mass is 188 g/mol. The molecule has 12 heavy (non-hydrogen) atoms. The van der Waals surface area contributed by atoms with Crippen LogP contribution in [0.25, 0.3) is 0 Å². The van der Waals surface area contributed by atoms with E-state index in [1.807, 2.05) is 11.4 Å². The first-order chi connectivity index (χ1) is 5.63. The molecule has 4 amide bonds. The van der Waals surface area contributed by atoms with Gasteiger partial charge in [-0.3, -0.25) is 5.32 Å². The maximum Gasteiger partial charge on any atom is 0.320 e. The molecule has 0 saturated carbocycles. The van der Waals surface area contributed by atoms with Crippen molar-refractivity contribution in [3.8, 4) is 0 Å². The highest BCUT2D eigenvalue weighted by Crippen LogP contribution is 1.83. The molecule has 0 atom stereocenters. The number of amides is 4. The minimum absolute atomic E-state index is 0.937. The van der Waals surface area contributed by atoms with Crippen molar-refractivity contribution in [3.05, 3.63) is 17.6 Å². The zero-order valence-electron chi connectivity index (χ0n) is 6.06. The van der Waals surface area contributed by atoms with Crippen LogP contribution < -0.4 is 16.8 Å². The van der Waals surface area contributed by atoms with Gasteiger partial charge < -0.3 is 11.5 Å². The van der Waals surface area contributed by atoms with Crippen molar-refractivity contribution < 1.29 is 9.59 Å². The molecule has 6 nitrogen and oxygen atoms in total. The number of nitrogens with one attached hydrogen (secondary N) is 1. The zero-order chi connectivity index (χ0) is 9.40. The Labute approximate surface area is 72.7 Å². The van der Waals surface area contributed by atoms with Gasteiger partial charge in [-0.05, 0) is 17.6 Å². The van der Waals surface area contributed by atoms with Crippen molar-refractivity contribution >= 4 is 23.6 Å². The van der Waals surface area contributed by atoms with E-state index in [1.54, 1.807) is 11.5 Å². The van der Waals surface area contributed by atoms with Crippen molar-refractivity contribution in [2.45, 2.75) is 0 Å². The first kappa shape index (κ1) is 10.4. The highest BCUT2D eigenvalue weighted by Gasteiger charge is 1.92. The molecule has 0 radical (unpaired) electrons. The summed E-state index contributed by atoms with van der Waals surface area (Å²) in [5.41, 5.74) is 8.88. The number of rotatable bonds is 0. The van der Waals surface area contributed by atoms with Crippen molar-refractivity contribution in [1.82, 2.24) is 9.69 Å². The second-order valence-corrected chi connectivity index (χ2v) is 2.24. The van der Waals surface area contributed by atoms with Gasteiger partial charge in [-0.1, -0.05) is 0 Å². The van der Waals surface area contributed by atoms with Gasteiger partial charge in [0.15, 0.2) is 0 Å². The Bertz CT molecular complexity index is 206. The maximum absolute atomic E-state index is 9.62. The molecule has 5 N–H and O–H groups in total. The van der Waals surface area contributed by atoms with Gasteiger partial charge in [0.1, 0.15) is 0 Å². The first-order valence-electron chi connectivity index (χ1n) is 2.83. The minimum Gasteiger partial charge on any atom is -0.351 e. The van der Waals surface area contributed by atoms with E-state index in [1.165, 1.54) is 11.5 Å². The predicted octanol–water partition coefficient (Wildman–Crippen LogP) is -0.124. The van der Waals surface area contributed by atoms with Crippen LogP contribution >= 0.6 is 11.5 Å². The molecule has 66 valence electrons. The van der Waals surface area contributed by atoms with Crippen LogP contribution in [0, 0.1) is 0 Å². The summed E-state index contributed by atoms with van der Waals surface area (Å²) in [6.07, 6.45) is 1.77. The summed E-state index contributed by atoms with van der Waals surface area (Å²) in [4.78, 5) is 19.2. The van der Waals surface area contributed by atoms with Gasteiger partial charge in [-0.25, -0.2) is 14.0 Å². The third-order valence-electron chi connectivity index (χ3n) is 0.594. The topological polar surface area (TPSA) is 111 Å². The molecule has 0 aromatic carbocycles. The lowest BCUT2D eigenvalue weighted by molar-refractivity contribution is 0.236. The molecule has 1 aromatic heterocycles. The van der Waals surface area contributed by atoms with E-state index in [0.717, 1.165) is 0 Å². The number of hydrogen-bond acceptors (Lipinski definition) is 4. The first-order valence-corrected chi connectivity index (χ1v) is 3.67. The molecule has 7 heteroatoms. The Morgan fingerprint density at radius 3 is 2.00 bits per heavy atom. The Balaban J connectivity index is 0.000000211. The number of urea groups is 2. The number of nitrogens with two attached hydrogens (primary N) is 2. The predicted molar refractivity (Wildman–Crippen MR) is 44.4 cm³/mol. The molecule has 1 heterocycles. The van der Waals surface area contributed by atoms with Gasteiger partial charge in [0, 0.05) is 11.6 Å². The number of primary amides is 2. The lowest BCUT2D eigenvalue weighted by atomic mass is 10.8. The van der Waals surface area contributed by atoms with E-state index in [4.69, 9.17) is 0 Å². The van der Waals surface area contributed by atoms with E-state index in [9.17, 15) is 9.59 Å². The van der Waals surface area contributed by atoms with Crippen LogP contribution in [0.15, 0.2) is 17.6 Å². The minimum atomic E-state index is -0.938. The number of hydrogen-bond donors (Lipinski definition) is 3. The fraction of sp³-hybridized carbons (Fsp3) is 0. The summed E-state index contributed by atoms with van der Waals surface area (Å²) in [6, 6.07) is 0.0324. The van der Waals surface area contributed by atoms with Gasteiger partial charge in [-0.2, -0.15) is 0 Å². The molecule has 1 aromatic rings. The van der Waals surface area contributed by atoms with Gasteiger partial charge in [0.25, 0.3) is 0 Å². The quantitative estimate of drug-likeness (QED) is 0.527. The Hall–Kier alpha value is -1.63. The normalized spacial score (nSPS) is 7.67. The number of nitrogens with zero attached hydrogens (tertiary/aromatic N) is 1. The van der Waals surface area contributed by atoms with Crippen LogP contribution in [0.5, 0.6) is 0 Å². The van der Waals surface area contributed by atoms with Gasteiger partial charge >= 0.3 is 12.1 Å². The van der Waals surface area contributed by atoms with E-state index >= 15 is 0 Å². The van der Waals surface area contributed by atoms with Gasteiger partial charge in [-0.15, -0.1) is 0 Å². The molecule has 0 aliphatic heterocycles. The van der Waals surface area contributed by atoms with Crippen LogP contribution in [0.3, 0.4) is 0 Å². The third kappa shape index (κ3) is 8.37. The van der Waals surface area contributed by atoms with Crippen LogP contribution in [-0.4, -0.2) is 16.4 Å². The average molecular weight is 188 g/mol. The lowest BCUT2D eigenvalue weighted by Gasteiger charge is -1.88. The highest BCUT2D eigenvalue weighted by molar-refractivity contribution is 7.03. The fourth-order valence-electron chi connectivity index (χ4n) is 0.297. The van der Waals surface area contributed by atoms with E-state index < -0.39 is 12.1 Å². The number of aromatic nitrogens is 1. The average Bonchev–Trinajstić information content (AvgIpc) is 2.36. The van der Waals surface area contributed by atoms with Crippen LogP contribution in [0.1, 0.15) is 0 Å². The molecule has 0 unspecified atom stereocenters. The second-order valence-electron chi connectivity index (χ2n) is 1.54. The summed E-state index contributed by atoms with van der Waals surface area (Å²) < 4.78 is 3.76. The summed E-state index contributed by atoms with van der Waals surface area (Å²) in [5.74, 6) is 0. The molecule has 1 rings (SSSR count). The van der Waals surface area contributed by atoms with Crippen molar-refractivity contribution in [2.24, 2.45) is 11.5 Å². The summed E-state index contributed by atoms with van der Waals surface area (Å²) in [5, 5.41) is 3.51. The van der Waals surface area contributed by atoms with Crippen LogP contribution in [0.4, 0.5) is 9.59 Å². The number of carbonyl (C=O) groups excluding carboxylic acids is 2. The molecule has 0 bridgehead atoms. The summed E-state index contributed by atoms with van der Waals surface area (Å²) in [6.45, 7) is 0.